The van der Waals surface area contributed by atoms with Gasteiger partial charge in [0.15, 0.2) is 0 Å². The molecule has 0 aliphatic carbocycles. The van der Waals surface area contributed by atoms with Crippen molar-refractivity contribution in [3.05, 3.63) is 42.2 Å². The van der Waals surface area contributed by atoms with Crippen LogP contribution in [0.4, 0.5) is 19.1 Å². The Morgan fingerprint density at radius 3 is 2.75 bits per heavy atom. The first-order valence-electron chi connectivity index (χ1n) is 5.97. The molecule has 1 aromatic carbocycles. The van der Waals surface area contributed by atoms with Crippen LogP contribution in [0.15, 0.2) is 36.7 Å². The molecule has 7 heteroatoms. The largest absolute Gasteiger partial charge is 0.418 e. The second-order valence-electron chi connectivity index (χ2n) is 4.06. The van der Waals surface area contributed by atoms with Crippen LogP contribution in [0.2, 0.25) is 0 Å². The van der Waals surface area contributed by atoms with Crippen molar-refractivity contribution in [3.8, 4) is 5.69 Å². The van der Waals surface area contributed by atoms with Gasteiger partial charge in [0.2, 0.25) is 5.95 Å². The van der Waals surface area contributed by atoms with Gasteiger partial charge >= 0.3 is 6.18 Å². The Morgan fingerprint density at radius 1 is 1.30 bits per heavy atom. The summed E-state index contributed by atoms with van der Waals surface area (Å²) < 4.78 is 45.3. The number of rotatable bonds is 5. The van der Waals surface area contributed by atoms with E-state index in [2.05, 4.69) is 10.3 Å². The van der Waals surface area contributed by atoms with Crippen LogP contribution in [0.25, 0.3) is 5.69 Å². The van der Waals surface area contributed by atoms with Crippen molar-refractivity contribution in [3.63, 3.8) is 0 Å². The van der Waals surface area contributed by atoms with E-state index in [-0.39, 0.29) is 5.69 Å². The topological polar surface area (TPSA) is 39.1 Å². The van der Waals surface area contributed by atoms with Crippen molar-refractivity contribution in [2.45, 2.75) is 6.18 Å². The number of nitrogens with zero attached hydrogens (tertiary/aromatic N) is 2. The number of imidazole rings is 1. The Kier molecular flexibility index (Phi) is 4.29. The van der Waals surface area contributed by atoms with E-state index in [4.69, 9.17) is 4.74 Å². The summed E-state index contributed by atoms with van der Waals surface area (Å²) in [5.41, 5.74) is -0.662. The number of methoxy groups -OCH3 is 1. The molecule has 108 valence electrons. The van der Waals surface area contributed by atoms with E-state index in [9.17, 15) is 13.2 Å². The van der Waals surface area contributed by atoms with Crippen molar-refractivity contribution in [1.82, 2.24) is 9.55 Å². The normalized spacial score (nSPS) is 11.6. The lowest BCUT2D eigenvalue weighted by Gasteiger charge is -2.15. The average Bonchev–Trinajstić information content (AvgIpc) is 2.86. The van der Waals surface area contributed by atoms with Crippen LogP contribution in [0.1, 0.15) is 5.56 Å². The van der Waals surface area contributed by atoms with E-state index in [1.54, 1.807) is 13.2 Å². The minimum Gasteiger partial charge on any atom is -0.383 e. The fourth-order valence-electron chi connectivity index (χ4n) is 1.82. The lowest BCUT2D eigenvalue weighted by molar-refractivity contribution is -0.137. The smallest absolute Gasteiger partial charge is 0.383 e. The number of halogens is 3. The third-order valence-electron chi connectivity index (χ3n) is 2.70. The van der Waals surface area contributed by atoms with Gasteiger partial charge in [0.25, 0.3) is 0 Å². The number of para-hydroxylation sites is 1. The van der Waals surface area contributed by atoms with Crippen LogP contribution in [0.3, 0.4) is 0 Å². The molecule has 0 amide bonds. The predicted molar refractivity (Wildman–Crippen MR) is 68.9 cm³/mol. The van der Waals surface area contributed by atoms with Crippen LogP contribution >= 0.6 is 0 Å². The van der Waals surface area contributed by atoms with Gasteiger partial charge in [0.1, 0.15) is 0 Å². The molecule has 0 aliphatic rings. The molecule has 2 aromatic rings. The molecule has 1 N–H and O–H groups in total. The van der Waals surface area contributed by atoms with Crippen molar-refractivity contribution >= 4 is 5.95 Å². The van der Waals surface area contributed by atoms with Gasteiger partial charge in [0.05, 0.1) is 17.9 Å². The van der Waals surface area contributed by atoms with Gasteiger partial charge in [-0.05, 0) is 12.1 Å². The minimum absolute atomic E-state index is 0.0393. The SMILES string of the molecule is COCCNc1nccn1-c1ccccc1C(F)(F)F. The molecule has 0 aliphatic heterocycles. The van der Waals surface area contributed by atoms with Gasteiger partial charge < -0.3 is 10.1 Å². The van der Waals surface area contributed by atoms with Gasteiger partial charge in [-0.1, -0.05) is 12.1 Å². The molecule has 0 bridgehead atoms. The first-order chi connectivity index (χ1) is 9.54. The highest BCUT2D eigenvalue weighted by Gasteiger charge is 2.33. The van der Waals surface area contributed by atoms with Crippen LogP contribution in [0, 0.1) is 0 Å². The Balaban J connectivity index is 2.35. The molecule has 2 rings (SSSR count). The van der Waals surface area contributed by atoms with E-state index in [1.165, 1.54) is 29.1 Å². The molecule has 0 fully saturated rings. The number of alkyl halides is 3. The van der Waals surface area contributed by atoms with Crippen molar-refractivity contribution in [1.29, 1.82) is 0 Å². The molecule has 4 nitrogen and oxygen atoms in total. The van der Waals surface area contributed by atoms with Gasteiger partial charge in [-0.2, -0.15) is 13.2 Å². The monoisotopic (exact) mass is 285 g/mol. The average molecular weight is 285 g/mol. The minimum atomic E-state index is -4.41. The van der Waals surface area contributed by atoms with Crippen molar-refractivity contribution in [2.24, 2.45) is 0 Å². The lowest BCUT2D eigenvalue weighted by atomic mass is 10.1. The predicted octanol–water partition coefficient (Wildman–Crippen LogP) is 2.95. The van der Waals surface area contributed by atoms with E-state index in [0.29, 0.717) is 19.1 Å². The van der Waals surface area contributed by atoms with Crippen LogP contribution in [-0.4, -0.2) is 29.8 Å². The zero-order valence-electron chi connectivity index (χ0n) is 10.8. The highest BCUT2D eigenvalue weighted by molar-refractivity contribution is 5.48. The zero-order valence-corrected chi connectivity index (χ0v) is 10.8. The number of nitrogens with one attached hydrogen (secondary N) is 1. The fraction of sp³-hybridized carbons (Fsp3) is 0.308. The maximum Gasteiger partial charge on any atom is 0.418 e. The summed E-state index contributed by atoms with van der Waals surface area (Å²) in [6.45, 7) is 0.898. The van der Waals surface area contributed by atoms with Crippen molar-refractivity contribution in [2.75, 3.05) is 25.6 Å². The van der Waals surface area contributed by atoms with E-state index < -0.39 is 11.7 Å². The Bertz CT molecular complexity index is 566. The molecule has 0 spiro atoms. The van der Waals surface area contributed by atoms with E-state index in [0.717, 1.165) is 6.07 Å². The van der Waals surface area contributed by atoms with Crippen LogP contribution in [0.5, 0.6) is 0 Å². The summed E-state index contributed by atoms with van der Waals surface area (Å²) in [7, 11) is 1.55. The van der Waals surface area contributed by atoms with Crippen LogP contribution < -0.4 is 5.32 Å². The molecule has 0 atom stereocenters. The zero-order chi connectivity index (χ0) is 14.6. The summed E-state index contributed by atoms with van der Waals surface area (Å²) in [4.78, 5) is 4.02. The summed E-state index contributed by atoms with van der Waals surface area (Å²) >= 11 is 0. The molecule has 0 saturated heterocycles. The van der Waals surface area contributed by atoms with Crippen molar-refractivity contribution < 1.29 is 17.9 Å². The fourth-order valence-corrected chi connectivity index (χ4v) is 1.82. The molecular weight excluding hydrogens is 271 g/mol. The number of anilines is 1. The maximum atomic E-state index is 13.0. The number of aromatic nitrogens is 2. The molecule has 0 saturated carbocycles. The second kappa shape index (κ2) is 5.96. The number of hydrogen-bond acceptors (Lipinski definition) is 3. The van der Waals surface area contributed by atoms with E-state index in [1.807, 2.05) is 0 Å². The highest BCUT2D eigenvalue weighted by atomic mass is 19.4. The molecule has 20 heavy (non-hydrogen) atoms. The molecular formula is C13H14F3N3O. The Labute approximate surface area is 114 Å². The molecule has 0 unspecified atom stereocenters. The maximum absolute atomic E-state index is 13.0. The second-order valence-corrected chi connectivity index (χ2v) is 4.06. The number of ether oxygens (including phenoxy) is 1. The van der Waals surface area contributed by atoms with Gasteiger partial charge in [0, 0.05) is 26.0 Å². The van der Waals surface area contributed by atoms with Gasteiger partial charge in [-0.3, -0.25) is 4.57 Å². The molecule has 0 radical (unpaired) electrons. The Hall–Kier alpha value is -2.02. The summed E-state index contributed by atoms with van der Waals surface area (Å²) in [5.74, 6) is 0.346. The number of benzene rings is 1. The Morgan fingerprint density at radius 2 is 2.05 bits per heavy atom. The van der Waals surface area contributed by atoms with Gasteiger partial charge in [-0.15, -0.1) is 0 Å². The van der Waals surface area contributed by atoms with E-state index >= 15 is 0 Å². The molecule has 1 heterocycles. The first-order valence-corrected chi connectivity index (χ1v) is 5.97. The standard InChI is InChI=1S/C13H14F3N3O/c1-20-9-7-18-12-17-6-8-19(12)11-5-3-2-4-10(11)13(14,15)16/h2-6,8H,7,9H2,1H3,(H,17,18). The number of hydrogen-bond donors (Lipinski definition) is 1. The summed E-state index contributed by atoms with van der Waals surface area (Å²) in [5, 5.41) is 2.93. The van der Waals surface area contributed by atoms with Gasteiger partial charge in [-0.25, -0.2) is 4.98 Å². The molecule has 1 aromatic heterocycles. The van der Waals surface area contributed by atoms with Crippen LogP contribution in [-0.2, 0) is 10.9 Å². The third-order valence-corrected chi connectivity index (χ3v) is 2.70. The third kappa shape index (κ3) is 3.11. The quantitative estimate of drug-likeness (QED) is 0.858. The lowest BCUT2D eigenvalue weighted by Crippen LogP contribution is -2.14. The first kappa shape index (κ1) is 14.4. The summed E-state index contributed by atoms with van der Waals surface area (Å²) in [6.07, 6.45) is -1.48. The summed E-state index contributed by atoms with van der Waals surface area (Å²) in [6, 6.07) is 5.38. The highest BCUT2D eigenvalue weighted by Crippen LogP contribution is 2.34.